The lowest BCUT2D eigenvalue weighted by atomic mass is 10.3. The van der Waals surface area contributed by atoms with Crippen LogP contribution in [-0.2, 0) is 0 Å². The molecule has 0 aliphatic heterocycles. The molecule has 10 heavy (non-hydrogen) atoms. The molecule has 2 N–H and O–H groups in total. The Morgan fingerprint density at radius 2 is 2.30 bits per heavy atom. The van der Waals surface area contributed by atoms with Crippen molar-refractivity contribution in [3.05, 3.63) is 12.2 Å². The third kappa shape index (κ3) is 7.37. The zero-order valence-electron chi connectivity index (χ0n) is 6.78. The summed E-state index contributed by atoms with van der Waals surface area (Å²) < 4.78 is 0. The van der Waals surface area contributed by atoms with E-state index in [0.29, 0.717) is 5.71 Å². The molecule has 0 rings (SSSR count). The number of hydrogen-bond donors (Lipinski definition) is 2. The summed E-state index contributed by atoms with van der Waals surface area (Å²) in [5.41, 5.74) is 0.622. The summed E-state index contributed by atoms with van der Waals surface area (Å²) in [5.74, 6) is 0. The van der Waals surface area contributed by atoms with Crippen molar-refractivity contribution in [2.75, 3.05) is 13.1 Å². The molecule has 0 aliphatic rings. The number of rotatable bonds is 5. The van der Waals surface area contributed by atoms with Crippen molar-refractivity contribution in [1.82, 2.24) is 5.32 Å². The summed E-state index contributed by atoms with van der Waals surface area (Å²) in [6.45, 7) is 5.91. The minimum atomic E-state index is 0.622. The van der Waals surface area contributed by atoms with Crippen LogP contribution in [0.3, 0.4) is 0 Å². The highest BCUT2D eigenvalue weighted by atomic mass is 14.8. The van der Waals surface area contributed by atoms with E-state index in [4.69, 9.17) is 5.41 Å². The Morgan fingerprint density at radius 1 is 1.60 bits per heavy atom. The Morgan fingerprint density at radius 3 is 2.80 bits per heavy atom. The van der Waals surface area contributed by atoms with Crippen LogP contribution in [0.4, 0.5) is 0 Å². The fourth-order valence-electron chi connectivity index (χ4n) is 0.622. The van der Waals surface area contributed by atoms with Gasteiger partial charge >= 0.3 is 0 Å². The molecule has 0 bridgehead atoms. The van der Waals surface area contributed by atoms with E-state index in [1.165, 1.54) is 0 Å². The molecule has 2 nitrogen and oxygen atoms in total. The lowest BCUT2D eigenvalue weighted by Gasteiger charge is -1.94. The van der Waals surface area contributed by atoms with E-state index >= 15 is 0 Å². The predicted octanol–water partition coefficient (Wildman–Crippen LogP) is 1.58. The van der Waals surface area contributed by atoms with Crippen molar-refractivity contribution < 1.29 is 0 Å². The molecule has 0 saturated heterocycles. The van der Waals surface area contributed by atoms with Crippen LogP contribution in [-0.4, -0.2) is 18.8 Å². The SMILES string of the molecule is CCNCC/C=C/C(C)=N. The van der Waals surface area contributed by atoms with E-state index in [1.807, 2.05) is 12.2 Å². The Balaban J connectivity index is 3.10. The van der Waals surface area contributed by atoms with Gasteiger partial charge in [0.1, 0.15) is 0 Å². The van der Waals surface area contributed by atoms with Crippen molar-refractivity contribution in [3.8, 4) is 0 Å². The second-order valence-electron chi connectivity index (χ2n) is 2.23. The van der Waals surface area contributed by atoms with Crippen molar-refractivity contribution in [3.63, 3.8) is 0 Å². The van der Waals surface area contributed by atoms with E-state index < -0.39 is 0 Å². The van der Waals surface area contributed by atoms with E-state index in [2.05, 4.69) is 12.2 Å². The second kappa shape index (κ2) is 6.49. The van der Waals surface area contributed by atoms with Gasteiger partial charge in [-0.15, -0.1) is 0 Å². The fraction of sp³-hybridized carbons (Fsp3) is 0.625. The minimum Gasteiger partial charge on any atom is -0.317 e. The molecule has 0 aromatic heterocycles. The van der Waals surface area contributed by atoms with E-state index in [9.17, 15) is 0 Å². The lowest BCUT2D eigenvalue weighted by Crippen LogP contribution is -2.12. The molecule has 0 amide bonds. The molecule has 0 radical (unpaired) electrons. The molecule has 0 atom stereocenters. The summed E-state index contributed by atoms with van der Waals surface area (Å²) in [5, 5.41) is 10.3. The van der Waals surface area contributed by atoms with Gasteiger partial charge in [0.25, 0.3) is 0 Å². The maximum Gasteiger partial charge on any atom is 0.0279 e. The van der Waals surface area contributed by atoms with Crippen LogP contribution < -0.4 is 5.32 Å². The van der Waals surface area contributed by atoms with Gasteiger partial charge in [-0.3, -0.25) is 0 Å². The average molecular weight is 140 g/mol. The first-order valence-electron chi connectivity index (χ1n) is 3.69. The highest BCUT2D eigenvalue weighted by Gasteiger charge is 1.79. The summed E-state index contributed by atoms with van der Waals surface area (Å²) in [6.07, 6.45) is 4.87. The summed E-state index contributed by atoms with van der Waals surface area (Å²) >= 11 is 0. The maximum atomic E-state index is 7.07. The standard InChI is InChI=1S/C8H16N2/c1-3-10-7-5-4-6-8(2)9/h4,6,9-10H,3,5,7H2,1-2H3/b6-4+,9-8?. The van der Waals surface area contributed by atoms with Crippen LogP contribution >= 0.6 is 0 Å². The Bertz CT molecular complexity index is 116. The zero-order valence-corrected chi connectivity index (χ0v) is 6.78. The van der Waals surface area contributed by atoms with Crippen LogP contribution in [0.25, 0.3) is 0 Å². The van der Waals surface area contributed by atoms with Crippen molar-refractivity contribution in [2.24, 2.45) is 0 Å². The highest BCUT2D eigenvalue weighted by molar-refractivity contribution is 5.89. The number of nitrogens with one attached hydrogen (secondary N) is 2. The van der Waals surface area contributed by atoms with Crippen molar-refractivity contribution in [1.29, 1.82) is 5.41 Å². The largest absolute Gasteiger partial charge is 0.317 e. The van der Waals surface area contributed by atoms with Gasteiger partial charge in [0.05, 0.1) is 0 Å². The monoisotopic (exact) mass is 140 g/mol. The van der Waals surface area contributed by atoms with Gasteiger partial charge in [0.2, 0.25) is 0 Å². The van der Waals surface area contributed by atoms with Crippen LogP contribution in [0.1, 0.15) is 20.3 Å². The summed E-state index contributed by atoms with van der Waals surface area (Å²) in [7, 11) is 0. The van der Waals surface area contributed by atoms with Crippen molar-refractivity contribution >= 4 is 5.71 Å². The lowest BCUT2D eigenvalue weighted by molar-refractivity contribution is 0.727. The van der Waals surface area contributed by atoms with Gasteiger partial charge in [-0.2, -0.15) is 0 Å². The molecule has 0 saturated carbocycles. The molecule has 0 aromatic carbocycles. The highest BCUT2D eigenvalue weighted by Crippen LogP contribution is 1.81. The molecule has 0 spiro atoms. The van der Waals surface area contributed by atoms with Crippen LogP contribution in [0, 0.1) is 5.41 Å². The molecular weight excluding hydrogens is 124 g/mol. The average Bonchev–Trinajstić information content (AvgIpc) is 1.87. The fourth-order valence-corrected chi connectivity index (χ4v) is 0.622. The van der Waals surface area contributed by atoms with Gasteiger partial charge in [-0.25, -0.2) is 0 Å². The van der Waals surface area contributed by atoms with Gasteiger partial charge in [0, 0.05) is 5.71 Å². The van der Waals surface area contributed by atoms with Gasteiger partial charge in [0.15, 0.2) is 0 Å². The first-order chi connectivity index (χ1) is 4.77. The summed E-state index contributed by atoms with van der Waals surface area (Å²) in [4.78, 5) is 0. The maximum absolute atomic E-state index is 7.07. The third-order valence-corrected chi connectivity index (χ3v) is 1.11. The zero-order chi connectivity index (χ0) is 7.82. The van der Waals surface area contributed by atoms with Gasteiger partial charge in [-0.1, -0.05) is 13.0 Å². The molecule has 58 valence electrons. The van der Waals surface area contributed by atoms with E-state index in [-0.39, 0.29) is 0 Å². The third-order valence-electron chi connectivity index (χ3n) is 1.11. The van der Waals surface area contributed by atoms with Crippen LogP contribution in [0.15, 0.2) is 12.2 Å². The van der Waals surface area contributed by atoms with E-state index in [0.717, 1.165) is 19.5 Å². The molecule has 0 fully saturated rings. The normalized spacial score (nSPS) is 10.6. The predicted molar refractivity (Wildman–Crippen MR) is 45.7 cm³/mol. The second-order valence-corrected chi connectivity index (χ2v) is 2.23. The molecule has 2 heteroatoms. The van der Waals surface area contributed by atoms with E-state index in [1.54, 1.807) is 6.92 Å². The van der Waals surface area contributed by atoms with Crippen molar-refractivity contribution in [2.45, 2.75) is 20.3 Å². The Labute approximate surface area is 62.8 Å². The topological polar surface area (TPSA) is 35.9 Å². The number of hydrogen-bond acceptors (Lipinski definition) is 2. The molecule has 0 aliphatic carbocycles. The van der Waals surface area contributed by atoms with Crippen LogP contribution in [0.2, 0.25) is 0 Å². The summed E-state index contributed by atoms with van der Waals surface area (Å²) in [6, 6.07) is 0. The Hall–Kier alpha value is -0.630. The molecule has 0 unspecified atom stereocenters. The smallest absolute Gasteiger partial charge is 0.0279 e. The van der Waals surface area contributed by atoms with Gasteiger partial charge in [-0.05, 0) is 32.5 Å². The van der Waals surface area contributed by atoms with Crippen LogP contribution in [0.5, 0.6) is 0 Å². The Kier molecular flexibility index (Phi) is 6.08. The quantitative estimate of drug-likeness (QED) is 0.441. The molecule has 0 heterocycles. The first-order valence-corrected chi connectivity index (χ1v) is 3.69. The minimum absolute atomic E-state index is 0.622. The molecule has 0 aromatic rings. The number of allylic oxidation sites excluding steroid dienone is 1. The van der Waals surface area contributed by atoms with Gasteiger partial charge < -0.3 is 10.7 Å². The molecular formula is C8H16N2. The first kappa shape index (κ1) is 9.37.